The number of hydrogen-bond acceptors (Lipinski definition) is 7. The average molecular weight is 386 g/mol. The lowest BCUT2D eigenvalue weighted by Gasteiger charge is -2.06. The monoisotopic (exact) mass is 386 g/mol. The van der Waals surface area contributed by atoms with Crippen molar-refractivity contribution in [3.05, 3.63) is 58.1 Å². The van der Waals surface area contributed by atoms with E-state index in [9.17, 15) is 19.7 Å². The van der Waals surface area contributed by atoms with Crippen LogP contribution in [-0.4, -0.2) is 39.6 Å². The number of benzene rings is 2. The van der Waals surface area contributed by atoms with Gasteiger partial charge in [0.15, 0.2) is 5.16 Å². The maximum Gasteiger partial charge on any atom is 0.337 e. The molecule has 3 aromatic rings. The Balaban J connectivity index is 1.63. The molecule has 27 heavy (non-hydrogen) atoms. The minimum absolute atomic E-state index is 0.0362. The van der Waals surface area contributed by atoms with Gasteiger partial charge >= 0.3 is 5.97 Å². The quantitative estimate of drug-likeness (QED) is 0.288. The zero-order valence-electron chi connectivity index (χ0n) is 14.1. The molecule has 10 heteroatoms. The third kappa shape index (κ3) is 4.42. The first-order chi connectivity index (χ1) is 13.0. The van der Waals surface area contributed by atoms with Crippen LogP contribution >= 0.6 is 11.8 Å². The van der Waals surface area contributed by atoms with Gasteiger partial charge in [-0.15, -0.1) is 0 Å². The topological polar surface area (TPSA) is 127 Å². The number of imidazole rings is 1. The van der Waals surface area contributed by atoms with Crippen LogP contribution in [0.15, 0.2) is 47.6 Å². The first-order valence-electron chi connectivity index (χ1n) is 7.71. The summed E-state index contributed by atoms with van der Waals surface area (Å²) < 4.78 is 4.64. The molecule has 0 aliphatic rings. The highest BCUT2D eigenvalue weighted by Gasteiger charge is 2.12. The molecular weight excluding hydrogens is 372 g/mol. The van der Waals surface area contributed by atoms with Gasteiger partial charge in [0.05, 0.1) is 34.4 Å². The number of aromatic amines is 1. The molecule has 138 valence electrons. The number of thioether (sulfide) groups is 1. The fraction of sp³-hybridized carbons (Fsp3) is 0.118. The first kappa shape index (κ1) is 18.4. The molecule has 0 spiro atoms. The van der Waals surface area contributed by atoms with Crippen LogP contribution in [0, 0.1) is 10.1 Å². The van der Waals surface area contributed by atoms with E-state index in [1.54, 1.807) is 24.3 Å². The molecule has 0 fully saturated rings. The average Bonchev–Trinajstić information content (AvgIpc) is 3.08. The highest BCUT2D eigenvalue weighted by atomic mass is 32.2. The lowest BCUT2D eigenvalue weighted by molar-refractivity contribution is -0.384. The predicted octanol–water partition coefficient (Wildman–Crippen LogP) is 2.99. The van der Waals surface area contributed by atoms with Gasteiger partial charge in [-0.05, 0) is 24.3 Å². The molecule has 0 unspecified atom stereocenters. The predicted molar refractivity (Wildman–Crippen MR) is 99.9 cm³/mol. The Kier molecular flexibility index (Phi) is 5.36. The van der Waals surface area contributed by atoms with Crippen molar-refractivity contribution in [2.75, 3.05) is 18.2 Å². The van der Waals surface area contributed by atoms with E-state index in [-0.39, 0.29) is 17.3 Å². The van der Waals surface area contributed by atoms with Gasteiger partial charge < -0.3 is 15.0 Å². The second-order valence-corrected chi connectivity index (χ2v) is 6.37. The Morgan fingerprint density at radius 3 is 2.85 bits per heavy atom. The third-order valence-corrected chi connectivity index (χ3v) is 4.44. The number of ether oxygens (including phenoxy) is 1. The maximum absolute atomic E-state index is 12.1. The van der Waals surface area contributed by atoms with Crippen molar-refractivity contribution in [1.82, 2.24) is 9.97 Å². The Morgan fingerprint density at radius 1 is 1.30 bits per heavy atom. The Hall–Kier alpha value is -3.40. The Bertz CT molecular complexity index is 1030. The minimum Gasteiger partial charge on any atom is -0.465 e. The first-order valence-corrected chi connectivity index (χ1v) is 8.70. The number of non-ortho nitro benzene ring substituents is 1. The number of anilines is 1. The van der Waals surface area contributed by atoms with Crippen LogP contribution in [0.1, 0.15) is 10.4 Å². The van der Waals surface area contributed by atoms with Gasteiger partial charge in [0.25, 0.3) is 5.69 Å². The molecule has 0 aliphatic heterocycles. The number of nitro groups is 1. The summed E-state index contributed by atoms with van der Waals surface area (Å²) in [7, 11) is 1.28. The molecule has 1 amide bonds. The van der Waals surface area contributed by atoms with Crippen LogP contribution in [0.2, 0.25) is 0 Å². The molecule has 0 bridgehead atoms. The number of carbonyl (C=O) groups is 2. The summed E-state index contributed by atoms with van der Waals surface area (Å²) in [5, 5.41) is 14.0. The van der Waals surface area contributed by atoms with E-state index in [0.717, 1.165) is 11.8 Å². The molecule has 9 nitrogen and oxygen atoms in total. The summed E-state index contributed by atoms with van der Waals surface area (Å²) in [6.07, 6.45) is 0. The summed E-state index contributed by atoms with van der Waals surface area (Å²) in [6.45, 7) is 0. The number of methoxy groups -OCH3 is 1. The number of nitrogens with zero attached hydrogens (tertiary/aromatic N) is 2. The van der Waals surface area contributed by atoms with E-state index in [1.165, 1.54) is 25.3 Å². The summed E-state index contributed by atoms with van der Waals surface area (Å²) in [5.74, 6) is -0.699. The van der Waals surface area contributed by atoms with Gasteiger partial charge in [-0.25, -0.2) is 9.78 Å². The summed E-state index contributed by atoms with van der Waals surface area (Å²) >= 11 is 1.16. The molecule has 1 aromatic heterocycles. The lowest BCUT2D eigenvalue weighted by Crippen LogP contribution is -2.14. The van der Waals surface area contributed by atoms with Crippen molar-refractivity contribution in [3.63, 3.8) is 0 Å². The SMILES string of the molecule is COC(=O)c1cccc(NC(=O)CSc2nc3ccc([N+](=O)[O-])cc3[nH]2)c1. The van der Waals surface area contributed by atoms with Crippen LogP contribution in [0.4, 0.5) is 11.4 Å². The van der Waals surface area contributed by atoms with Gasteiger partial charge in [-0.1, -0.05) is 17.8 Å². The van der Waals surface area contributed by atoms with E-state index in [2.05, 4.69) is 20.0 Å². The van der Waals surface area contributed by atoms with Crippen LogP contribution in [0.3, 0.4) is 0 Å². The molecule has 2 aromatic carbocycles. The Labute approximate surface area is 157 Å². The van der Waals surface area contributed by atoms with E-state index in [4.69, 9.17) is 0 Å². The van der Waals surface area contributed by atoms with Crippen LogP contribution in [-0.2, 0) is 9.53 Å². The summed E-state index contributed by atoms with van der Waals surface area (Å²) in [4.78, 5) is 41.2. The normalized spacial score (nSPS) is 10.6. The zero-order chi connectivity index (χ0) is 19.4. The number of nitro benzene ring substituents is 1. The van der Waals surface area contributed by atoms with Crippen LogP contribution in [0.5, 0.6) is 0 Å². The molecule has 0 aliphatic carbocycles. The molecule has 0 radical (unpaired) electrons. The standard InChI is InChI=1S/C17H14N4O5S/c1-26-16(23)10-3-2-4-11(7-10)18-15(22)9-27-17-19-13-6-5-12(21(24)25)8-14(13)20-17/h2-8H,9H2,1H3,(H,18,22)(H,19,20). The van der Waals surface area contributed by atoms with Crippen molar-refractivity contribution < 1.29 is 19.2 Å². The number of nitrogens with one attached hydrogen (secondary N) is 2. The van der Waals surface area contributed by atoms with E-state index >= 15 is 0 Å². The van der Waals surface area contributed by atoms with Gasteiger partial charge in [-0.3, -0.25) is 14.9 Å². The zero-order valence-corrected chi connectivity index (χ0v) is 14.9. The number of aromatic nitrogens is 2. The number of carbonyl (C=O) groups excluding carboxylic acids is 2. The lowest BCUT2D eigenvalue weighted by atomic mass is 10.2. The van der Waals surface area contributed by atoms with Crippen molar-refractivity contribution >= 4 is 46.0 Å². The molecule has 0 atom stereocenters. The van der Waals surface area contributed by atoms with Crippen molar-refractivity contribution in [1.29, 1.82) is 0 Å². The number of amides is 1. The molecule has 1 heterocycles. The van der Waals surface area contributed by atoms with E-state index < -0.39 is 10.9 Å². The van der Waals surface area contributed by atoms with Gasteiger partial charge in [0.2, 0.25) is 5.91 Å². The molecule has 0 saturated heterocycles. The fourth-order valence-electron chi connectivity index (χ4n) is 2.33. The van der Waals surface area contributed by atoms with Crippen LogP contribution in [0.25, 0.3) is 11.0 Å². The molecule has 0 saturated carbocycles. The third-order valence-electron chi connectivity index (χ3n) is 3.56. The van der Waals surface area contributed by atoms with Gasteiger partial charge in [0, 0.05) is 17.8 Å². The molecular formula is C17H14N4O5S. The number of rotatable bonds is 6. The fourth-order valence-corrected chi connectivity index (χ4v) is 3.01. The van der Waals surface area contributed by atoms with Crippen molar-refractivity contribution in [2.45, 2.75) is 5.16 Å². The maximum atomic E-state index is 12.1. The largest absolute Gasteiger partial charge is 0.465 e. The van der Waals surface area contributed by atoms with Gasteiger partial charge in [0.1, 0.15) is 0 Å². The smallest absolute Gasteiger partial charge is 0.337 e. The number of esters is 1. The van der Waals surface area contributed by atoms with Crippen LogP contribution < -0.4 is 5.32 Å². The second kappa shape index (κ2) is 7.87. The number of H-pyrrole nitrogens is 1. The summed E-state index contributed by atoms with van der Waals surface area (Å²) in [5.41, 5.74) is 1.88. The second-order valence-electron chi connectivity index (χ2n) is 5.41. The number of fused-ring (bicyclic) bond motifs is 1. The van der Waals surface area contributed by atoms with E-state index in [0.29, 0.717) is 27.4 Å². The highest BCUT2D eigenvalue weighted by molar-refractivity contribution is 7.99. The number of hydrogen-bond donors (Lipinski definition) is 2. The van der Waals surface area contributed by atoms with Gasteiger partial charge in [-0.2, -0.15) is 0 Å². The van der Waals surface area contributed by atoms with Crippen molar-refractivity contribution in [2.24, 2.45) is 0 Å². The van der Waals surface area contributed by atoms with E-state index in [1.807, 2.05) is 0 Å². The molecule has 3 rings (SSSR count). The molecule has 2 N–H and O–H groups in total. The summed E-state index contributed by atoms with van der Waals surface area (Å²) in [6, 6.07) is 10.7. The minimum atomic E-state index is -0.489. The van der Waals surface area contributed by atoms with Crippen molar-refractivity contribution in [3.8, 4) is 0 Å². The Morgan fingerprint density at radius 2 is 2.11 bits per heavy atom. The highest BCUT2D eigenvalue weighted by Crippen LogP contribution is 2.23.